The molecule has 5 nitrogen and oxygen atoms in total. The number of ether oxygens (including phenoxy) is 1. The van der Waals surface area contributed by atoms with Crippen LogP contribution < -0.4 is 4.72 Å². The van der Waals surface area contributed by atoms with E-state index in [1.165, 1.54) is 0 Å². The summed E-state index contributed by atoms with van der Waals surface area (Å²) in [6.45, 7) is 3.22. The van der Waals surface area contributed by atoms with E-state index in [4.69, 9.17) is 16.3 Å². The van der Waals surface area contributed by atoms with Crippen LogP contribution in [0.4, 0.5) is 0 Å². The fraction of sp³-hybridized carbons (Fsp3) is 0.625. The van der Waals surface area contributed by atoms with Crippen LogP contribution in [0.5, 0.6) is 0 Å². The molecular weight excluding hydrogens is 336 g/mol. The summed E-state index contributed by atoms with van der Waals surface area (Å²) in [6.07, 6.45) is 4.14. The molecule has 0 amide bonds. The number of benzene rings is 1. The highest BCUT2D eigenvalue weighted by molar-refractivity contribution is 7.89. The van der Waals surface area contributed by atoms with E-state index < -0.39 is 10.0 Å². The van der Waals surface area contributed by atoms with Gasteiger partial charge in [0.15, 0.2) is 0 Å². The maximum Gasteiger partial charge on any atom is 0.240 e. The number of hydrogen-bond acceptors (Lipinski definition) is 4. The van der Waals surface area contributed by atoms with Gasteiger partial charge in [0.25, 0.3) is 0 Å². The lowest BCUT2D eigenvalue weighted by atomic mass is 9.89. The van der Waals surface area contributed by atoms with E-state index in [9.17, 15) is 8.42 Å². The maximum atomic E-state index is 12.6. The second-order valence-corrected chi connectivity index (χ2v) is 8.33. The predicted octanol–water partition coefficient (Wildman–Crippen LogP) is 2.26. The van der Waals surface area contributed by atoms with Crippen molar-refractivity contribution in [3.05, 3.63) is 29.3 Å². The molecule has 1 aliphatic heterocycles. The van der Waals surface area contributed by atoms with E-state index in [2.05, 4.69) is 9.62 Å². The number of hydrogen-bond donors (Lipinski definition) is 1. The maximum absolute atomic E-state index is 12.6. The first kappa shape index (κ1) is 17.2. The molecule has 1 aromatic carbocycles. The molecule has 0 unspecified atom stereocenters. The van der Waals surface area contributed by atoms with Crippen molar-refractivity contribution in [2.45, 2.75) is 42.7 Å². The number of morpholine rings is 1. The van der Waals surface area contributed by atoms with E-state index in [0.717, 1.165) is 52.0 Å². The first-order chi connectivity index (χ1) is 11.1. The minimum atomic E-state index is -3.51. The summed E-state index contributed by atoms with van der Waals surface area (Å²) in [5.41, 5.74) is 0. The summed E-state index contributed by atoms with van der Waals surface area (Å²) >= 11 is 5.84. The molecule has 1 aliphatic carbocycles. The van der Waals surface area contributed by atoms with E-state index in [1.54, 1.807) is 24.3 Å². The lowest BCUT2D eigenvalue weighted by Gasteiger charge is -2.41. The van der Waals surface area contributed by atoms with Crippen LogP contribution in [-0.2, 0) is 14.8 Å². The Hall–Kier alpha value is -0.660. The molecule has 2 fully saturated rings. The highest BCUT2D eigenvalue weighted by Crippen LogP contribution is 2.26. The van der Waals surface area contributed by atoms with Gasteiger partial charge in [-0.3, -0.25) is 4.90 Å². The zero-order chi connectivity index (χ0) is 16.3. The molecule has 0 aromatic heterocycles. The van der Waals surface area contributed by atoms with E-state index in [0.29, 0.717) is 5.02 Å². The summed E-state index contributed by atoms with van der Waals surface area (Å²) in [7, 11) is -3.51. The molecule has 1 N–H and O–H groups in total. The van der Waals surface area contributed by atoms with Gasteiger partial charge in [-0.05, 0) is 37.1 Å². The van der Waals surface area contributed by atoms with Gasteiger partial charge in [-0.15, -0.1) is 0 Å². The Balaban J connectivity index is 1.74. The Morgan fingerprint density at radius 2 is 1.74 bits per heavy atom. The van der Waals surface area contributed by atoms with Crippen molar-refractivity contribution < 1.29 is 13.2 Å². The second kappa shape index (κ2) is 7.49. The molecular formula is C16H23ClN2O3S. The van der Waals surface area contributed by atoms with Crippen molar-refractivity contribution in [1.82, 2.24) is 9.62 Å². The standard InChI is InChI=1S/C16H23ClN2O3S/c17-13-5-7-14(8-6-13)23(20,21)18-15-3-1-2-4-16(15)19-9-11-22-12-10-19/h5-8,15-16,18H,1-4,9-12H2/t15-,16+/m0/s1. The first-order valence-corrected chi connectivity index (χ1v) is 10.0. The summed E-state index contributed by atoms with van der Waals surface area (Å²) in [5.74, 6) is 0. The Bertz CT molecular complexity index is 615. The van der Waals surface area contributed by atoms with Crippen molar-refractivity contribution in [3.63, 3.8) is 0 Å². The largest absolute Gasteiger partial charge is 0.379 e. The van der Waals surface area contributed by atoms with E-state index in [-0.39, 0.29) is 17.0 Å². The predicted molar refractivity (Wildman–Crippen MR) is 90.2 cm³/mol. The summed E-state index contributed by atoms with van der Waals surface area (Å²) < 4.78 is 33.6. The van der Waals surface area contributed by atoms with Crippen LogP contribution in [-0.4, -0.2) is 51.7 Å². The molecule has 1 aromatic rings. The molecule has 23 heavy (non-hydrogen) atoms. The van der Waals surface area contributed by atoms with Crippen molar-refractivity contribution in [2.24, 2.45) is 0 Å². The van der Waals surface area contributed by atoms with Crippen molar-refractivity contribution in [2.75, 3.05) is 26.3 Å². The van der Waals surface area contributed by atoms with Crippen LogP contribution >= 0.6 is 11.6 Å². The number of nitrogens with one attached hydrogen (secondary N) is 1. The lowest BCUT2D eigenvalue weighted by molar-refractivity contribution is 0.00211. The number of sulfonamides is 1. The normalized spacial score (nSPS) is 27.0. The molecule has 7 heteroatoms. The van der Waals surface area contributed by atoms with Crippen LogP contribution in [0.25, 0.3) is 0 Å². The monoisotopic (exact) mass is 358 g/mol. The topological polar surface area (TPSA) is 58.6 Å². The Labute approximate surface area is 143 Å². The Morgan fingerprint density at radius 1 is 1.09 bits per heavy atom. The smallest absolute Gasteiger partial charge is 0.240 e. The molecule has 1 saturated heterocycles. The summed E-state index contributed by atoms with van der Waals surface area (Å²) in [4.78, 5) is 2.64. The fourth-order valence-electron chi connectivity index (χ4n) is 3.48. The first-order valence-electron chi connectivity index (χ1n) is 8.16. The third-order valence-corrected chi connectivity index (χ3v) is 6.43. The van der Waals surface area contributed by atoms with Crippen LogP contribution in [0.3, 0.4) is 0 Å². The highest BCUT2D eigenvalue weighted by atomic mass is 35.5. The van der Waals surface area contributed by atoms with Gasteiger partial charge in [0.1, 0.15) is 0 Å². The SMILES string of the molecule is O=S(=O)(N[C@H]1CCCC[C@H]1N1CCOCC1)c1ccc(Cl)cc1. The average Bonchev–Trinajstić information content (AvgIpc) is 2.56. The van der Waals surface area contributed by atoms with Gasteiger partial charge in [0, 0.05) is 30.2 Å². The third kappa shape index (κ3) is 4.25. The quantitative estimate of drug-likeness (QED) is 0.897. The van der Waals surface area contributed by atoms with Crippen molar-refractivity contribution >= 4 is 21.6 Å². The highest BCUT2D eigenvalue weighted by Gasteiger charge is 2.33. The molecule has 1 saturated carbocycles. The Kier molecular flexibility index (Phi) is 5.59. The van der Waals surface area contributed by atoms with E-state index >= 15 is 0 Å². The summed E-state index contributed by atoms with van der Waals surface area (Å²) in [6, 6.07) is 6.54. The molecule has 0 spiro atoms. The zero-order valence-corrected chi connectivity index (χ0v) is 14.7. The van der Waals surface area contributed by atoms with Gasteiger partial charge in [0.2, 0.25) is 10.0 Å². The van der Waals surface area contributed by atoms with Gasteiger partial charge in [0.05, 0.1) is 18.1 Å². The van der Waals surface area contributed by atoms with Crippen LogP contribution in [0.2, 0.25) is 5.02 Å². The van der Waals surface area contributed by atoms with Crippen LogP contribution in [0, 0.1) is 0 Å². The van der Waals surface area contributed by atoms with Crippen molar-refractivity contribution in [3.8, 4) is 0 Å². The van der Waals surface area contributed by atoms with Gasteiger partial charge in [-0.25, -0.2) is 13.1 Å². The lowest BCUT2D eigenvalue weighted by Crippen LogP contribution is -2.55. The second-order valence-electron chi connectivity index (χ2n) is 6.18. The van der Waals surface area contributed by atoms with Crippen LogP contribution in [0.1, 0.15) is 25.7 Å². The molecule has 2 atom stereocenters. The average molecular weight is 359 g/mol. The number of halogens is 1. The van der Waals surface area contributed by atoms with Gasteiger partial charge in [-0.2, -0.15) is 0 Å². The molecule has 0 bridgehead atoms. The fourth-order valence-corrected chi connectivity index (χ4v) is 4.91. The molecule has 1 heterocycles. The third-order valence-electron chi connectivity index (χ3n) is 4.67. The molecule has 0 radical (unpaired) electrons. The number of nitrogens with zero attached hydrogens (tertiary/aromatic N) is 1. The molecule has 3 rings (SSSR count). The van der Waals surface area contributed by atoms with Crippen molar-refractivity contribution in [1.29, 1.82) is 0 Å². The van der Waals surface area contributed by atoms with Crippen LogP contribution in [0.15, 0.2) is 29.2 Å². The molecule has 128 valence electrons. The van der Waals surface area contributed by atoms with E-state index in [1.807, 2.05) is 0 Å². The van der Waals surface area contributed by atoms with Gasteiger partial charge < -0.3 is 4.74 Å². The Morgan fingerprint density at radius 3 is 2.43 bits per heavy atom. The van der Waals surface area contributed by atoms with Gasteiger partial charge in [-0.1, -0.05) is 24.4 Å². The zero-order valence-electron chi connectivity index (χ0n) is 13.1. The minimum absolute atomic E-state index is 0.0393. The minimum Gasteiger partial charge on any atom is -0.379 e. The van der Waals surface area contributed by atoms with Gasteiger partial charge >= 0.3 is 0 Å². The summed E-state index contributed by atoms with van der Waals surface area (Å²) in [5, 5.41) is 0.535. The molecule has 2 aliphatic rings. The number of rotatable bonds is 4.